The molecule has 148 valence electrons. The number of esters is 1. The summed E-state index contributed by atoms with van der Waals surface area (Å²) < 4.78 is 18.3. The van der Waals surface area contributed by atoms with Crippen LogP contribution < -0.4 is 15.0 Å². The molecule has 9 nitrogen and oxygen atoms in total. The molecule has 3 heterocycles. The topological polar surface area (TPSA) is 97.0 Å². The van der Waals surface area contributed by atoms with Gasteiger partial charge in [0.15, 0.2) is 5.65 Å². The van der Waals surface area contributed by atoms with E-state index < -0.39 is 5.97 Å². The molecule has 0 aliphatic carbocycles. The minimum absolute atomic E-state index is 0.274. The lowest BCUT2D eigenvalue weighted by Gasteiger charge is -2.11. The summed E-state index contributed by atoms with van der Waals surface area (Å²) in [5.41, 5.74) is 1.90. The first-order chi connectivity index (χ1) is 14.0. The third-order valence-electron chi connectivity index (χ3n) is 4.69. The summed E-state index contributed by atoms with van der Waals surface area (Å²) in [5, 5.41) is 4.72. The average Bonchev–Trinajstić information content (AvgIpc) is 3.09. The Labute approximate surface area is 165 Å². The molecule has 1 aromatic carbocycles. The molecule has 0 saturated heterocycles. The van der Waals surface area contributed by atoms with Crippen molar-refractivity contribution in [3.8, 4) is 17.2 Å². The van der Waals surface area contributed by atoms with Crippen LogP contribution in [0.3, 0.4) is 0 Å². The number of aromatic nitrogens is 4. The molecule has 0 N–H and O–H groups in total. The number of hydrogen-bond donors (Lipinski definition) is 0. The van der Waals surface area contributed by atoms with Crippen LogP contribution in [0.2, 0.25) is 0 Å². The average molecular weight is 394 g/mol. The van der Waals surface area contributed by atoms with Gasteiger partial charge in [-0.3, -0.25) is 9.36 Å². The van der Waals surface area contributed by atoms with Gasteiger partial charge in [0.05, 0.1) is 43.6 Å². The van der Waals surface area contributed by atoms with Gasteiger partial charge in [-0.2, -0.15) is 5.10 Å². The molecule has 29 heavy (non-hydrogen) atoms. The smallest absolute Gasteiger partial charge is 0.343 e. The zero-order valence-corrected chi connectivity index (χ0v) is 16.3. The van der Waals surface area contributed by atoms with Gasteiger partial charge in [-0.05, 0) is 13.0 Å². The summed E-state index contributed by atoms with van der Waals surface area (Å²) in [4.78, 5) is 29.5. The number of fused-ring (bicyclic) bond motifs is 3. The van der Waals surface area contributed by atoms with E-state index in [2.05, 4.69) is 10.1 Å². The number of rotatable bonds is 4. The first-order valence-electron chi connectivity index (χ1n) is 8.70. The lowest BCUT2D eigenvalue weighted by molar-refractivity contribution is 0.0602. The number of nitrogens with zero attached hydrogens (tertiary/aromatic N) is 4. The number of carbonyl (C=O) groups excluding carboxylic acids is 1. The van der Waals surface area contributed by atoms with Gasteiger partial charge in [0, 0.05) is 30.6 Å². The Hall–Kier alpha value is -3.88. The standard InChI is InChI=1S/C20H18N4O5/c1-11-17(20(26)29-4)18-21-10-15-16(24(18)22-11)5-6-23(19(15)25)12-7-13(27-2)9-14(8-12)28-3/h5-10H,1-4H3. The van der Waals surface area contributed by atoms with Gasteiger partial charge in [-0.25, -0.2) is 14.3 Å². The monoisotopic (exact) mass is 394 g/mol. The normalized spacial score (nSPS) is 11.0. The highest BCUT2D eigenvalue weighted by Gasteiger charge is 2.21. The Morgan fingerprint density at radius 2 is 1.76 bits per heavy atom. The fourth-order valence-corrected chi connectivity index (χ4v) is 3.25. The maximum Gasteiger partial charge on any atom is 0.343 e. The summed E-state index contributed by atoms with van der Waals surface area (Å²) in [6.45, 7) is 1.69. The second-order valence-corrected chi connectivity index (χ2v) is 6.31. The highest BCUT2D eigenvalue weighted by molar-refractivity contribution is 5.98. The maximum absolute atomic E-state index is 13.2. The van der Waals surface area contributed by atoms with Crippen molar-refractivity contribution in [1.29, 1.82) is 0 Å². The first-order valence-corrected chi connectivity index (χ1v) is 8.70. The van der Waals surface area contributed by atoms with E-state index in [1.54, 1.807) is 51.6 Å². The summed E-state index contributed by atoms with van der Waals surface area (Å²) >= 11 is 0. The van der Waals surface area contributed by atoms with Gasteiger partial charge in [0.25, 0.3) is 5.56 Å². The molecular weight excluding hydrogens is 376 g/mol. The third-order valence-corrected chi connectivity index (χ3v) is 4.69. The van der Waals surface area contributed by atoms with Crippen molar-refractivity contribution in [1.82, 2.24) is 19.2 Å². The SMILES string of the molecule is COC(=O)c1c(C)nn2c1ncc1c(=O)n(-c3cc(OC)cc(OC)c3)ccc12. The molecule has 0 aliphatic rings. The van der Waals surface area contributed by atoms with Crippen LogP contribution in [0.5, 0.6) is 11.5 Å². The number of benzene rings is 1. The predicted octanol–water partition coefficient (Wildman–Crippen LogP) is 2.15. The van der Waals surface area contributed by atoms with E-state index in [0.717, 1.165) is 0 Å². The van der Waals surface area contributed by atoms with Crippen LogP contribution >= 0.6 is 0 Å². The number of methoxy groups -OCH3 is 3. The number of hydrogen-bond acceptors (Lipinski definition) is 7. The fraction of sp³-hybridized carbons (Fsp3) is 0.200. The van der Waals surface area contributed by atoms with Gasteiger partial charge in [-0.15, -0.1) is 0 Å². The summed E-state index contributed by atoms with van der Waals surface area (Å²) in [5.74, 6) is 0.594. The second kappa shape index (κ2) is 6.93. The van der Waals surface area contributed by atoms with Gasteiger partial charge in [0.1, 0.15) is 17.1 Å². The molecule has 0 aliphatic heterocycles. The highest BCUT2D eigenvalue weighted by Crippen LogP contribution is 2.25. The summed E-state index contributed by atoms with van der Waals surface area (Å²) in [7, 11) is 4.38. The molecule has 0 saturated carbocycles. The van der Waals surface area contributed by atoms with Crippen molar-refractivity contribution in [3.05, 3.63) is 58.3 Å². The third kappa shape index (κ3) is 2.87. The van der Waals surface area contributed by atoms with E-state index in [1.165, 1.54) is 22.4 Å². The maximum atomic E-state index is 13.2. The van der Waals surface area contributed by atoms with Crippen LogP contribution in [0.25, 0.3) is 22.2 Å². The zero-order chi connectivity index (χ0) is 20.7. The van der Waals surface area contributed by atoms with Crippen LogP contribution in [0.15, 0.2) is 41.5 Å². The van der Waals surface area contributed by atoms with E-state index in [9.17, 15) is 9.59 Å². The molecule has 4 aromatic rings. The molecule has 0 radical (unpaired) electrons. The molecule has 0 bridgehead atoms. The van der Waals surface area contributed by atoms with Crippen LogP contribution in [0, 0.1) is 6.92 Å². The predicted molar refractivity (Wildman–Crippen MR) is 105 cm³/mol. The van der Waals surface area contributed by atoms with E-state index in [0.29, 0.717) is 39.4 Å². The van der Waals surface area contributed by atoms with Crippen molar-refractivity contribution in [3.63, 3.8) is 0 Å². The van der Waals surface area contributed by atoms with E-state index in [1.807, 2.05) is 0 Å². The molecule has 0 amide bonds. The van der Waals surface area contributed by atoms with E-state index in [-0.39, 0.29) is 11.1 Å². The van der Waals surface area contributed by atoms with E-state index in [4.69, 9.17) is 14.2 Å². The Kier molecular flexibility index (Phi) is 4.42. The summed E-state index contributed by atoms with van der Waals surface area (Å²) in [6, 6.07) is 6.93. The molecular formula is C20H18N4O5. The minimum atomic E-state index is -0.527. The molecule has 0 fully saturated rings. The quantitative estimate of drug-likeness (QED) is 0.489. The Balaban J connectivity index is 1.97. The fourth-order valence-electron chi connectivity index (χ4n) is 3.25. The number of aryl methyl sites for hydroxylation is 1. The van der Waals surface area contributed by atoms with Crippen molar-refractivity contribution in [2.24, 2.45) is 0 Å². The van der Waals surface area contributed by atoms with Crippen molar-refractivity contribution >= 4 is 22.5 Å². The molecule has 0 unspecified atom stereocenters. The zero-order valence-electron chi connectivity index (χ0n) is 16.3. The molecule has 0 atom stereocenters. The molecule has 0 spiro atoms. The number of pyridine rings is 1. The van der Waals surface area contributed by atoms with Gasteiger partial charge >= 0.3 is 5.97 Å². The van der Waals surface area contributed by atoms with Gasteiger partial charge in [0.2, 0.25) is 0 Å². The summed E-state index contributed by atoms with van der Waals surface area (Å²) in [6.07, 6.45) is 3.07. The van der Waals surface area contributed by atoms with Crippen molar-refractivity contribution in [2.75, 3.05) is 21.3 Å². The van der Waals surface area contributed by atoms with Crippen LogP contribution in [0.4, 0.5) is 0 Å². The Morgan fingerprint density at radius 3 is 2.38 bits per heavy atom. The van der Waals surface area contributed by atoms with Gasteiger partial charge < -0.3 is 14.2 Å². The lowest BCUT2D eigenvalue weighted by Crippen LogP contribution is -2.19. The number of carbonyl (C=O) groups is 1. The van der Waals surface area contributed by atoms with Crippen LogP contribution in [0.1, 0.15) is 16.1 Å². The number of ether oxygens (including phenoxy) is 3. The van der Waals surface area contributed by atoms with Crippen molar-refractivity contribution in [2.45, 2.75) is 6.92 Å². The first kappa shape index (κ1) is 18.5. The molecule has 9 heteroatoms. The molecule has 3 aromatic heterocycles. The Bertz CT molecular complexity index is 1300. The highest BCUT2D eigenvalue weighted by atomic mass is 16.5. The second-order valence-electron chi connectivity index (χ2n) is 6.31. The largest absolute Gasteiger partial charge is 0.497 e. The molecule has 4 rings (SSSR count). The van der Waals surface area contributed by atoms with Gasteiger partial charge in [-0.1, -0.05) is 0 Å². The van der Waals surface area contributed by atoms with Crippen LogP contribution in [-0.4, -0.2) is 46.5 Å². The van der Waals surface area contributed by atoms with Crippen molar-refractivity contribution < 1.29 is 19.0 Å². The van der Waals surface area contributed by atoms with Crippen LogP contribution in [-0.2, 0) is 4.74 Å². The lowest BCUT2D eigenvalue weighted by atomic mass is 10.2. The minimum Gasteiger partial charge on any atom is -0.497 e. The van der Waals surface area contributed by atoms with E-state index >= 15 is 0 Å². The Morgan fingerprint density at radius 1 is 1.07 bits per heavy atom.